The Hall–Kier alpha value is -4.27. The second kappa shape index (κ2) is 7.21. The van der Waals surface area contributed by atoms with Crippen molar-refractivity contribution < 1.29 is 9.18 Å². The fourth-order valence-electron chi connectivity index (χ4n) is 3.73. The van der Waals surface area contributed by atoms with Gasteiger partial charge in [0.15, 0.2) is 5.65 Å². The van der Waals surface area contributed by atoms with Gasteiger partial charge in [0.25, 0.3) is 5.56 Å². The number of para-hydroxylation sites is 2. The molecule has 3 heterocycles. The van der Waals surface area contributed by atoms with Crippen LogP contribution < -0.4 is 10.9 Å². The zero-order chi connectivity index (χ0) is 21.5. The van der Waals surface area contributed by atoms with Crippen LogP contribution in [0.5, 0.6) is 0 Å². The van der Waals surface area contributed by atoms with Gasteiger partial charge in [0.1, 0.15) is 11.2 Å². The van der Waals surface area contributed by atoms with Crippen molar-refractivity contribution in [3.63, 3.8) is 0 Å². The number of aromatic amines is 2. The van der Waals surface area contributed by atoms with E-state index in [1.807, 2.05) is 6.92 Å². The van der Waals surface area contributed by atoms with Crippen LogP contribution in [-0.4, -0.2) is 30.6 Å². The quantitative estimate of drug-likeness (QED) is 0.418. The maximum atomic E-state index is 13.7. The molecule has 0 aliphatic rings. The number of halogens is 1. The number of carbonyl (C=O) groups is 1. The first kappa shape index (κ1) is 18.7. The highest BCUT2D eigenvalue weighted by Gasteiger charge is 2.16. The van der Waals surface area contributed by atoms with E-state index in [0.717, 1.165) is 16.8 Å². The first-order valence-corrected chi connectivity index (χ1v) is 9.58. The third-order valence-electron chi connectivity index (χ3n) is 5.20. The number of carbonyl (C=O) groups excluding carboxylic acids is 1. The Kier molecular flexibility index (Phi) is 4.36. The number of aryl methyl sites for hydroxylation is 1. The van der Waals surface area contributed by atoms with Crippen LogP contribution in [0.1, 0.15) is 11.3 Å². The molecule has 0 fully saturated rings. The van der Waals surface area contributed by atoms with Gasteiger partial charge in [-0.2, -0.15) is 5.10 Å². The number of hydrogen-bond donors (Lipinski definition) is 3. The van der Waals surface area contributed by atoms with Gasteiger partial charge in [0.05, 0.1) is 30.3 Å². The Morgan fingerprint density at radius 1 is 1.19 bits per heavy atom. The van der Waals surface area contributed by atoms with Crippen molar-refractivity contribution in [1.29, 1.82) is 0 Å². The Balaban J connectivity index is 1.49. The van der Waals surface area contributed by atoms with Gasteiger partial charge in [0.2, 0.25) is 5.91 Å². The predicted molar refractivity (Wildman–Crippen MR) is 115 cm³/mol. The van der Waals surface area contributed by atoms with E-state index in [-0.39, 0.29) is 23.7 Å². The molecule has 0 saturated carbocycles. The molecule has 0 bridgehead atoms. The number of anilines is 1. The summed E-state index contributed by atoms with van der Waals surface area (Å²) in [5, 5.41) is 8.20. The minimum absolute atomic E-state index is 0.0708. The van der Waals surface area contributed by atoms with Gasteiger partial charge in [-0.15, -0.1) is 0 Å². The lowest BCUT2D eigenvalue weighted by molar-refractivity contribution is -0.115. The van der Waals surface area contributed by atoms with Crippen molar-refractivity contribution in [1.82, 2.24) is 24.7 Å². The molecule has 2 aromatic carbocycles. The van der Waals surface area contributed by atoms with E-state index in [1.165, 1.54) is 29.3 Å². The van der Waals surface area contributed by atoms with E-state index in [1.54, 1.807) is 30.3 Å². The Morgan fingerprint density at radius 2 is 2.03 bits per heavy atom. The predicted octanol–water partition coefficient (Wildman–Crippen LogP) is 3.22. The smallest absolute Gasteiger partial charge is 0.261 e. The van der Waals surface area contributed by atoms with Crippen molar-refractivity contribution in [2.45, 2.75) is 13.3 Å². The van der Waals surface area contributed by atoms with E-state index >= 15 is 0 Å². The normalized spacial score (nSPS) is 11.3. The van der Waals surface area contributed by atoms with Crippen molar-refractivity contribution in [2.75, 3.05) is 5.32 Å². The summed E-state index contributed by atoms with van der Waals surface area (Å²) >= 11 is 0. The topological polar surface area (TPSA) is 108 Å². The lowest BCUT2D eigenvalue weighted by atomic mass is 10.1. The highest BCUT2D eigenvalue weighted by molar-refractivity contribution is 5.98. The van der Waals surface area contributed by atoms with Crippen LogP contribution >= 0.6 is 0 Å². The lowest BCUT2D eigenvalue weighted by Crippen LogP contribution is -2.16. The number of amides is 1. The highest BCUT2D eigenvalue weighted by atomic mass is 19.1. The molecule has 5 aromatic rings. The van der Waals surface area contributed by atoms with Crippen molar-refractivity contribution in [3.05, 3.63) is 82.4 Å². The number of fused-ring (bicyclic) bond motifs is 2. The first-order valence-electron chi connectivity index (χ1n) is 9.58. The van der Waals surface area contributed by atoms with Gasteiger partial charge < -0.3 is 15.3 Å². The van der Waals surface area contributed by atoms with Gasteiger partial charge in [-0.3, -0.25) is 9.59 Å². The number of aromatic nitrogens is 5. The summed E-state index contributed by atoms with van der Waals surface area (Å²) in [6.07, 6.45) is 2.81. The standard InChI is InChI=1S/C22H17FN6O2/c1-12-14(15-8-13(23)6-7-17(15)27-12)9-20(30)28-18-4-2-3-5-19(18)29-21-16(10-26-29)22(31)25-11-24-21/h2-8,10-11,27H,9H2,1H3,(H,28,30)(H,24,25,31). The van der Waals surface area contributed by atoms with Gasteiger partial charge in [-0.25, -0.2) is 14.1 Å². The van der Waals surface area contributed by atoms with Crippen LogP contribution in [-0.2, 0) is 11.2 Å². The number of rotatable bonds is 4. The van der Waals surface area contributed by atoms with Gasteiger partial charge >= 0.3 is 0 Å². The fourth-order valence-corrected chi connectivity index (χ4v) is 3.73. The molecule has 0 unspecified atom stereocenters. The molecule has 3 aromatic heterocycles. The molecule has 9 heteroatoms. The molecular formula is C22H17FN6O2. The largest absolute Gasteiger partial charge is 0.358 e. The van der Waals surface area contributed by atoms with E-state index in [2.05, 4.69) is 25.4 Å². The maximum Gasteiger partial charge on any atom is 0.261 e. The molecule has 8 nitrogen and oxygen atoms in total. The van der Waals surface area contributed by atoms with Crippen molar-refractivity contribution >= 4 is 33.5 Å². The minimum atomic E-state index is -0.355. The molecular weight excluding hydrogens is 399 g/mol. The summed E-state index contributed by atoms with van der Waals surface area (Å²) in [4.78, 5) is 34.8. The Bertz CT molecular complexity index is 1510. The minimum Gasteiger partial charge on any atom is -0.358 e. The van der Waals surface area contributed by atoms with Crippen molar-refractivity contribution in [2.24, 2.45) is 0 Å². The number of H-pyrrole nitrogens is 2. The van der Waals surface area contributed by atoms with Crippen LogP contribution in [0, 0.1) is 12.7 Å². The number of nitrogens with zero attached hydrogens (tertiary/aromatic N) is 3. The maximum absolute atomic E-state index is 13.7. The molecule has 1 amide bonds. The summed E-state index contributed by atoms with van der Waals surface area (Å²) in [5.74, 6) is -0.616. The van der Waals surface area contributed by atoms with E-state index < -0.39 is 0 Å². The van der Waals surface area contributed by atoms with E-state index in [4.69, 9.17) is 0 Å². The zero-order valence-corrected chi connectivity index (χ0v) is 16.4. The molecule has 0 spiro atoms. The molecule has 0 aliphatic heterocycles. The Labute approximate surface area is 174 Å². The number of benzene rings is 2. The second-order valence-corrected chi connectivity index (χ2v) is 7.19. The zero-order valence-electron chi connectivity index (χ0n) is 16.4. The molecule has 0 aliphatic carbocycles. The van der Waals surface area contributed by atoms with Crippen LogP contribution in [0.15, 0.2) is 59.8 Å². The van der Waals surface area contributed by atoms with Crippen LogP contribution in [0.3, 0.4) is 0 Å². The third-order valence-corrected chi connectivity index (χ3v) is 5.20. The summed E-state index contributed by atoms with van der Waals surface area (Å²) in [6, 6.07) is 11.6. The van der Waals surface area contributed by atoms with Gasteiger partial charge in [0, 0.05) is 16.6 Å². The molecule has 0 atom stereocenters. The number of nitrogens with one attached hydrogen (secondary N) is 3. The lowest BCUT2D eigenvalue weighted by Gasteiger charge is -2.12. The SMILES string of the molecule is Cc1[nH]c2ccc(F)cc2c1CC(=O)Nc1ccccc1-n1ncc2c(=O)[nH]cnc21. The van der Waals surface area contributed by atoms with E-state index in [9.17, 15) is 14.0 Å². The summed E-state index contributed by atoms with van der Waals surface area (Å²) < 4.78 is 15.2. The average Bonchev–Trinajstić information content (AvgIpc) is 3.31. The summed E-state index contributed by atoms with van der Waals surface area (Å²) in [7, 11) is 0. The first-order chi connectivity index (χ1) is 15.0. The van der Waals surface area contributed by atoms with Crippen LogP contribution in [0.2, 0.25) is 0 Å². The molecule has 154 valence electrons. The van der Waals surface area contributed by atoms with Gasteiger partial charge in [-0.1, -0.05) is 12.1 Å². The molecule has 5 rings (SSSR count). The summed E-state index contributed by atoms with van der Waals surface area (Å²) in [6.45, 7) is 1.85. The van der Waals surface area contributed by atoms with Crippen LogP contribution in [0.25, 0.3) is 27.6 Å². The van der Waals surface area contributed by atoms with Gasteiger partial charge in [-0.05, 0) is 42.8 Å². The second-order valence-electron chi connectivity index (χ2n) is 7.19. The fraction of sp³-hybridized carbons (Fsp3) is 0.0909. The highest BCUT2D eigenvalue weighted by Crippen LogP contribution is 2.25. The monoisotopic (exact) mass is 416 g/mol. The van der Waals surface area contributed by atoms with Crippen LogP contribution in [0.4, 0.5) is 10.1 Å². The average molecular weight is 416 g/mol. The number of hydrogen-bond acceptors (Lipinski definition) is 4. The summed E-state index contributed by atoms with van der Waals surface area (Å²) in [5.41, 5.74) is 3.51. The third kappa shape index (κ3) is 3.25. The van der Waals surface area contributed by atoms with Crippen molar-refractivity contribution in [3.8, 4) is 5.69 Å². The Morgan fingerprint density at radius 3 is 2.90 bits per heavy atom. The molecule has 3 N–H and O–H groups in total. The molecule has 0 radical (unpaired) electrons. The molecule has 31 heavy (non-hydrogen) atoms. The van der Waals surface area contributed by atoms with E-state index in [0.29, 0.717) is 27.8 Å². The molecule has 0 saturated heterocycles.